The largest absolute Gasteiger partial charge is 0.497 e. The fourth-order valence-electron chi connectivity index (χ4n) is 5.47. The van der Waals surface area contributed by atoms with Gasteiger partial charge in [-0.05, 0) is 63.5 Å². The van der Waals surface area contributed by atoms with Crippen molar-refractivity contribution in [3.63, 3.8) is 0 Å². The van der Waals surface area contributed by atoms with Crippen molar-refractivity contribution in [1.82, 2.24) is 9.55 Å². The molecule has 5 rings (SSSR count). The number of methoxy groups -OCH3 is 2. The summed E-state index contributed by atoms with van der Waals surface area (Å²) in [5.74, 6) is 1.30. The number of hydrogen-bond acceptors (Lipinski definition) is 7. The van der Waals surface area contributed by atoms with Crippen molar-refractivity contribution in [3.05, 3.63) is 126 Å². The molecule has 1 aliphatic rings. The summed E-state index contributed by atoms with van der Waals surface area (Å²) in [6.45, 7) is 0. The topological polar surface area (TPSA) is 123 Å². The van der Waals surface area contributed by atoms with Crippen LogP contribution in [0.4, 0.5) is 0 Å². The molecule has 208 valence electrons. The molecule has 0 spiro atoms. The summed E-state index contributed by atoms with van der Waals surface area (Å²) in [6.07, 6.45) is -2.98. The van der Waals surface area contributed by atoms with E-state index in [9.17, 15) is 19.8 Å². The molecule has 1 aliphatic heterocycles. The highest BCUT2D eigenvalue weighted by atomic mass is 127. The molecule has 2 heterocycles. The van der Waals surface area contributed by atoms with Crippen LogP contribution in [0.5, 0.6) is 11.5 Å². The molecule has 0 amide bonds. The number of aromatic amines is 1. The highest BCUT2D eigenvalue weighted by Gasteiger charge is 2.52. The number of hydrogen-bond donors (Lipinski definition) is 3. The van der Waals surface area contributed by atoms with Crippen LogP contribution in [0, 0.1) is 3.57 Å². The zero-order chi connectivity index (χ0) is 28.4. The van der Waals surface area contributed by atoms with E-state index >= 15 is 0 Å². The second-order valence-corrected chi connectivity index (χ2v) is 10.7. The summed E-state index contributed by atoms with van der Waals surface area (Å²) < 4.78 is 18.6. The van der Waals surface area contributed by atoms with Crippen molar-refractivity contribution in [3.8, 4) is 11.5 Å². The van der Waals surface area contributed by atoms with Crippen molar-refractivity contribution in [2.45, 2.75) is 36.4 Å². The van der Waals surface area contributed by atoms with E-state index in [0.29, 0.717) is 15.1 Å². The molecule has 3 aromatic carbocycles. The highest BCUT2D eigenvalue weighted by molar-refractivity contribution is 14.1. The molecule has 4 atom stereocenters. The molecule has 9 nitrogen and oxygen atoms in total. The molecular formula is C30H29IN2O7. The van der Waals surface area contributed by atoms with Gasteiger partial charge in [-0.1, -0.05) is 54.6 Å². The number of halogens is 1. The van der Waals surface area contributed by atoms with Crippen LogP contribution in [0.1, 0.15) is 29.3 Å². The van der Waals surface area contributed by atoms with E-state index in [4.69, 9.17) is 14.2 Å². The van der Waals surface area contributed by atoms with Gasteiger partial charge in [0.1, 0.15) is 29.9 Å². The number of aliphatic hydroxyl groups is 2. The number of aliphatic hydroxyl groups excluding tert-OH is 2. The minimum Gasteiger partial charge on any atom is -0.497 e. The van der Waals surface area contributed by atoms with Crippen molar-refractivity contribution in [2.75, 3.05) is 14.2 Å². The van der Waals surface area contributed by atoms with Crippen LogP contribution in [0.15, 0.2) is 94.6 Å². The van der Waals surface area contributed by atoms with Crippen molar-refractivity contribution in [1.29, 1.82) is 0 Å². The fourth-order valence-corrected chi connectivity index (χ4v) is 5.91. The second-order valence-electron chi connectivity index (χ2n) is 9.58. The number of nitrogens with one attached hydrogen (secondary N) is 1. The zero-order valence-electron chi connectivity index (χ0n) is 21.9. The molecule has 0 bridgehead atoms. The number of ether oxygens (including phenoxy) is 3. The van der Waals surface area contributed by atoms with Crippen LogP contribution in [0.25, 0.3) is 0 Å². The Labute approximate surface area is 244 Å². The number of rotatable bonds is 8. The summed E-state index contributed by atoms with van der Waals surface area (Å²) in [7, 11) is 3.17. The van der Waals surface area contributed by atoms with Crippen LogP contribution < -0.4 is 20.7 Å². The van der Waals surface area contributed by atoms with Gasteiger partial charge in [-0.15, -0.1) is 0 Å². The SMILES string of the molecule is COc1ccc(C(c2ccccc2)(c2ccc(OC)cc2)C(O)[C@H]2O[C@@H](n3cc(I)c(=O)[nH]c3=O)C[C@@H]2O)cc1. The lowest BCUT2D eigenvalue weighted by atomic mass is 9.64. The van der Waals surface area contributed by atoms with Gasteiger partial charge in [-0.25, -0.2) is 4.79 Å². The molecule has 1 aromatic heterocycles. The predicted molar refractivity (Wildman–Crippen MR) is 157 cm³/mol. The van der Waals surface area contributed by atoms with E-state index in [-0.39, 0.29) is 6.42 Å². The molecule has 0 radical (unpaired) electrons. The van der Waals surface area contributed by atoms with Gasteiger partial charge in [0.05, 0.1) is 29.3 Å². The minimum atomic E-state index is -1.31. The highest BCUT2D eigenvalue weighted by Crippen LogP contribution is 2.47. The first-order chi connectivity index (χ1) is 19.3. The normalized spacial score (nSPS) is 19.8. The molecule has 1 fully saturated rings. The Balaban J connectivity index is 1.68. The summed E-state index contributed by atoms with van der Waals surface area (Å²) in [4.78, 5) is 26.8. The number of aromatic nitrogens is 2. The Bertz CT molecular complexity index is 1520. The number of benzene rings is 3. The Morgan fingerprint density at radius 1 is 0.925 bits per heavy atom. The molecule has 40 heavy (non-hydrogen) atoms. The first kappa shape index (κ1) is 28.1. The van der Waals surface area contributed by atoms with E-state index in [1.807, 2.05) is 101 Å². The van der Waals surface area contributed by atoms with Crippen LogP contribution in [0.2, 0.25) is 0 Å². The van der Waals surface area contributed by atoms with Crippen LogP contribution >= 0.6 is 22.6 Å². The van der Waals surface area contributed by atoms with E-state index in [0.717, 1.165) is 16.7 Å². The lowest BCUT2D eigenvalue weighted by Gasteiger charge is -2.43. The minimum absolute atomic E-state index is 0.0415. The standard InChI is InChI=1S/C30H29IN2O7/c1-38-21-12-8-19(9-13-21)30(18-6-4-3-5-7-18,20-10-14-22(39-2)15-11-20)27(35)26-24(34)16-25(40-26)33-17-23(31)28(36)32-29(33)37/h3-15,17,24-27,34-35H,16H2,1-2H3,(H,32,36,37)/t24-,25+,26-,27?/m0/s1. The maximum Gasteiger partial charge on any atom is 0.330 e. The first-order valence-electron chi connectivity index (χ1n) is 12.7. The average molecular weight is 656 g/mol. The van der Waals surface area contributed by atoms with Crippen LogP contribution in [-0.2, 0) is 10.2 Å². The Hall–Kier alpha value is -3.45. The number of nitrogens with zero attached hydrogens (tertiary/aromatic N) is 1. The average Bonchev–Trinajstić information content (AvgIpc) is 3.37. The third-order valence-corrected chi connectivity index (χ3v) is 8.21. The third kappa shape index (κ3) is 4.96. The maximum atomic E-state index is 12.6. The van der Waals surface area contributed by atoms with Gasteiger partial charge >= 0.3 is 5.69 Å². The third-order valence-electron chi connectivity index (χ3n) is 7.45. The second kappa shape index (κ2) is 11.6. The van der Waals surface area contributed by atoms with Crippen LogP contribution in [-0.4, -0.2) is 52.3 Å². The fraction of sp³-hybridized carbons (Fsp3) is 0.267. The van der Waals surface area contributed by atoms with Gasteiger partial charge in [-0.3, -0.25) is 14.3 Å². The number of H-pyrrole nitrogens is 1. The van der Waals surface area contributed by atoms with Gasteiger partial charge in [0, 0.05) is 12.6 Å². The molecule has 4 aromatic rings. The lowest BCUT2D eigenvalue weighted by molar-refractivity contribution is -0.0977. The summed E-state index contributed by atoms with van der Waals surface area (Å²) in [6, 6.07) is 24.3. The molecule has 10 heteroatoms. The molecule has 3 N–H and O–H groups in total. The Kier molecular flexibility index (Phi) is 8.13. The van der Waals surface area contributed by atoms with Gasteiger partial charge in [0.15, 0.2) is 0 Å². The summed E-state index contributed by atoms with van der Waals surface area (Å²) in [5, 5.41) is 23.6. The Morgan fingerprint density at radius 2 is 1.45 bits per heavy atom. The Morgan fingerprint density at radius 3 is 1.98 bits per heavy atom. The van der Waals surface area contributed by atoms with Crippen molar-refractivity contribution >= 4 is 22.6 Å². The zero-order valence-corrected chi connectivity index (χ0v) is 24.0. The van der Waals surface area contributed by atoms with Gasteiger partial charge in [-0.2, -0.15) is 0 Å². The smallest absolute Gasteiger partial charge is 0.330 e. The van der Waals surface area contributed by atoms with Gasteiger partial charge in [0.25, 0.3) is 5.56 Å². The summed E-state index contributed by atoms with van der Waals surface area (Å²) >= 11 is 1.83. The van der Waals surface area contributed by atoms with Crippen LogP contribution in [0.3, 0.4) is 0 Å². The maximum absolute atomic E-state index is 12.6. The van der Waals surface area contributed by atoms with E-state index in [1.54, 1.807) is 14.2 Å². The summed E-state index contributed by atoms with van der Waals surface area (Å²) in [5.41, 5.74) is -0.103. The molecule has 0 saturated carbocycles. The first-order valence-corrected chi connectivity index (χ1v) is 13.7. The molecule has 1 unspecified atom stereocenters. The lowest BCUT2D eigenvalue weighted by Crippen LogP contribution is -2.51. The van der Waals surface area contributed by atoms with E-state index < -0.39 is 41.2 Å². The molecule has 0 aliphatic carbocycles. The van der Waals surface area contributed by atoms with E-state index in [2.05, 4.69) is 4.98 Å². The van der Waals surface area contributed by atoms with E-state index in [1.165, 1.54) is 10.8 Å². The van der Waals surface area contributed by atoms with Gasteiger partial charge < -0.3 is 24.4 Å². The van der Waals surface area contributed by atoms with Crippen molar-refractivity contribution < 1.29 is 24.4 Å². The monoisotopic (exact) mass is 656 g/mol. The van der Waals surface area contributed by atoms with Gasteiger partial charge in [0.2, 0.25) is 0 Å². The molecular weight excluding hydrogens is 627 g/mol. The molecule has 1 saturated heterocycles. The quantitative estimate of drug-likeness (QED) is 0.197. The predicted octanol–water partition coefficient (Wildman–Crippen LogP) is 3.20. The van der Waals surface area contributed by atoms with Crippen molar-refractivity contribution in [2.24, 2.45) is 0 Å².